The summed E-state index contributed by atoms with van der Waals surface area (Å²) in [6.45, 7) is 7.20. The Morgan fingerprint density at radius 1 is 0.875 bits per heavy atom. The number of anilines is 1. The molecule has 1 unspecified atom stereocenters. The summed E-state index contributed by atoms with van der Waals surface area (Å²) in [5.74, 6) is 0.686. The topological polar surface area (TPSA) is 94.2 Å². The van der Waals surface area contributed by atoms with Crippen LogP contribution in [0, 0.1) is 0 Å². The van der Waals surface area contributed by atoms with E-state index in [9.17, 15) is 14.4 Å². The molecule has 0 spiro atoms. The van der Waals surface area contributed by atoms with Crippen molar-refractivity contribution in [3.8, 4) is 17.2 Å². The van der Waals surface area contributed by atoms with Gasteiger partial charge < -0.3 is 14.2 Å². The second-order valence-electron chi connectivity index (χ2n) is 9.15. The van der Waals surface area contributed by atoms with Crippen molar-refractivity contribution in [2.24, 2.45) is 0 Å². The predicted molar refractivity (Wildman–Crippen MR) is 154 cm³/mol. The third kappa shape index (κ3) is 6.82. The third-order valence-electron chi connectivity index (χ3n) is 6.44. The van der Waals surface area contributed by atoms with E-state index in [4.69, 9.17) is 25.8 Å². The number of ether oxygens (including phenoxy) is 3. The van der Waals surface area contributed by atoms with Crippen LogP contribution in [0.1, 0.15) is 44.2 Å². The Morgan fingerprint density at radius 3 is 2.25 bits per heavy atom. The van der Waals surface area contributed by atoms with E-state index in [1.807, 2.05) is 19.1 Å². The molecule has 1 saturated heterocycles. The number of nitrogens with zero attached hydrogens (tertiary/aromatic N) is 1. The number of halogens is 1. The minimum atomic E-state index is -0.832. The minimum Gasteiger partial charge on any atom is -0.490 e. The number of carbonyl (C=O) groups excluding carboxylic acids is 3. The summed E-state index contributed by atoms with van der Waals surface area (Å²) in [6.07, 6.45) is 2.49. The van der Waals surface area contributed by atoms with Crippen molar-refractivity contribution in [2.75, 3.05) is 24.7 Å². The summed E-state index contributed by atoms with van der Waals surface area (Å²) < 4.78 is 17.4. The minimum absolute atomic E-state index is 0.196. The van der Waals surface area contributed by atoms with Gasteiger partial charge in [-0.1, -0.05) is 43.6 Å². The Kier molecular flexibility index (Phi) is 9.45. The number of urea groups is 1. The molecule has 3 aromatic rings. The first kappa shape index (κ1) is 28.7. The standard InChI is InChI=1S/C31H31ClN2O6/c1-4-20(3)22-7-13-25(14-8-22)39-16-17-40-27-15-6-21(19-28(27)38-5-2)18-26-29(35)33-31(37)34(30(26)36)24-11-9-23(32)10-12-24/h6-15,18-20H,4-5,16-17H2,1-3H3,(H,33,35,37). The van der Waals surface area contributed by atoms with Crippen LogP contribution in [-0.2, 0) is 9.59 Å². The maximum atomic E-state index is 13.1. The van der Waals surface area contributed by atoms with E-state index >= 15 is 0 Å². The summed E-state index contributed by atoms with van der Waals surface area (Å²) in [5.41, 5.74) is 1.90. The van der Waals surface area contributed by atoms with Crippen LogP contribution in [-0.4, -0.2) is 37.7 Å². The molecular formula is C31H31ClN2O6. The number of hydrogen-bond donors (Lipinski definition) is 1. The Labute approximate surface area is 238 Å². The Hall–Kier alpha value is -4.30. The maximum absolute atomic E-state index is 13.1. The van der Waals surface area contributed by atoms with Crippen LogP contribution in [0.5, 0.6) is 17.2 Å². The fourth-order valence-corrected chi connectivity index (χ4v) is 4.22. The number of hydrogen-bond acceptors (Lipinski definition) is 6. The fourth-order valence-electron chi connectivity index (χ4n) is 4.09. The lowest BCUT2D eigenvalue weighted by atomic mass is 9.99. The van der Waals surface area contributed by atoms with Crippen molar-refractivity contribution >= 4 is 41.2 Å². The molecule has 0 aromatic heterocycles. The molecule has 4 rings (SSSR count). The van der Waals surface area contributed by atoms with Gasteiger partial charge in [-0.3, -0.25) is 14.9 Å². The summed E-state index contributed by atoms with van der Waals surface area (Å²) in [6, 6.07) is 18.5. The first-order valence-corrected chi connectivity index (χ1v) is 13.5. The van der Waals surface area contributed by atoms with Gasteiger partial charge in [-0.15, -0.1) is 0 Å². The van der Waals surface area contributed by atoms with Crippen LogP contribution < -0.4 is 24.4 Å². The molecule has 4 amide bonds. The lowest BCUT2D eigenvalue weighted by Crippen LogP contribution is -2.54. The number of barbiturate groups is 1. The monoisotopic (exact) mass is 562 g/mol. The van der Waals surface area contributed by atoms with Gasteiger partial charge in [0.15, 0.2) is 11.5 Å². The lowest BCUT2D eigenvalue weighted by molar-refractivity contribution is -0.122. The van der Waals surface area contributed by atoms with Crippen molar-refractivity contribution in [3.63, 3.8) is 0 Å². The zero-order chi connectivity index (χ0) is 28.6. The van der Waals surface area contributed by atoms with E-state index in [2.05, 4.69) is 31.3 Å². The van der Waals surface area contributed by atoms with Gasteiger partial charge in [-0.2, -0.15) is 0 Å². The highest BCUT2D eigenvalue weighted by Crippen LogP contribution is 2.31. The van der Waals surface area contributed by atoms with Gasteiger partial charge in [-0.25, -0.2) is 9.69 Å². The smallest absolute Gasteiger partial charge is 0.335 e. The molecule has 0 bridgehead atoms. The molecule has 3 aromatic carbocycles. The number of rotatable bonds is 11. The lowest BCUT2D eigenvalue weighted by Gasteiger charge is -2.26. The van der Waals surface area contributed by atoms with Crippen LogP contribution in [0.4, 0.5) is 10.5 Å². The van der Waals surface area contributed by atoms with Gasteiger partial charge in [-0.05, 0) is 85.0 Å². The van der Waals surface area contributed by atoms with E-state index in [1.54, 1.807) is 30.3 Å². The average molecular weight is 563 g/mol. The zero-order valence-corrected chi connectivity index (χ0v) is 23.4. The number of imide groups is 2. The van der Waals surface area contributed by atoms with E-state index in [1.165, 1.54) is 23.8 Å². The molecule has 0 saturated carbocycles. The number of amides is 4. The second kappa shape index (κ2) is 13.2. The second-order valence-corrected chi connectivity index (χ2v) is 9.59. The molecule has 1 aliphatic heterocycles. The first-order valence-electron chi connectivity index (χ1n) is 13.1. The van der Waals surface area contributed by atoms with Gasteiger partial charge in [0, 0.05) is 5.02 Å². The van der Waals surface area contributed by atoms with Crippen molar-refractivity contribution in [3.05, 3.63) is 88.5 Å². The van der Waals surface area contributed by atoms with Crippen LogP contribution in [0.2, 0.25) is 5.02 Å². The molecule has 8 nitrogen and oxygen atoms in total. The van der Waals surface area contributed by atoms with Crippen molar-refractivity contribution in [1.82, 2.24) is 5.32 Å². The zero-order valence-electron chi connectivity index (χ0n) is 22.6. The van der Waals surface area contributed by atoms with Crippen molar-refractivity contribution < 1.29 is 28.6 Å². The largest absolute Gasteiger partial charge is 0.490 e. The predicted octanol–water partition coefficient (Wildman–Crippen LogP) is 6.38. The van der Waals surface area contributed by atoms with Gasteiger partial charge >= 0.3 is 6.03 Å². The molecule has 0 aliphatic carbocycles. The average Bonchev–Trinajstić information content (AvgIpc) is 2.95. The number of nitrogens with one attached hydrogen (secondary N) is 1. The molecule has 9 heteroatoms. The number of carbonyl (C=O) groups is 3. The highest BCUT2D eigenvalue weighted by atomic mass is 35.5. The normalized spacial score (nSPS) is 15.2. The van der Waals surface area contributed by atoms with E-state index in [-0.39, 0.29) is 17.9 Å². The highest BCUT2D eigenvalue weighted by molar-refractivity contribution is 6.39. The number of benzene rings is 3. The molecule has 40 heavy (non-hydrogen) atoms. The molecule has 1 aliphatic rings. The van der Waals surface area contributed by atoms with Crippen LogP contribution in [0.15, 0.2) is 72.3 Å². The Balaban J connectivity index is 1.45. The molecule has 1 fully saturated rings. The third-order valence-corrected chi connectivity index (χ3v) is 6.69. The van der Waals surface area contributed by atoms with Crippen molar-refractivity contribution in [1.29, 1.82) is 0 Å². The van der Waals surface area contributed by atoms with Gasteiger partial charge in [0.2, 0.25) is 0 Å². The summed E-state index contributed by atoms with van der Waals surface area (Å²) in [7, 11) is 0. The molecular weight excluding hydrogens is 532 g/mol. The Morgan fingerprint density at radius 2 is 1.57 bits per heavy atom. The van der Waals surface area contributed by atoms with Crippen molar-refractivity contribution in [2.45, 2.75) is 33.1 Å². The summed E-state index contributed by atoms with van der Waals surface area (Å²) >= 11 is 5.92. The van der Waals surface area contributed by atoms with Gasteiger partial charge in [0.25, 0.3) is 11.8 Å². The van der Waals surface area contributed by atoms with Crippen LogP contribution in [0.25, 0.3) is 6.08 Å². The summed E-state index contributed by atoms with van der Waals surface area (Å²) in [4.78, 5) is 39.0. The maximum Gasteiger partial charge on any atom is 0.335 e. The Bertz CT molecular complexity index is 1400. The van der Waals surface area contributed by atoms with Crippen LogP contribution in [0.3, 0.4) is 0 Å². The quantitative estimate of drug-likeness (QED) is 0.166. The van der Waals surface area contributed by atoms with E-state index in [0.29, 0.717) is 41.2 Å². The van der Waals surface area contributed by atoms with E-state index < -0.39 is 17.8 Å². The van der Waals surface area contributed by atoms with Gasteiger partial charge in [0.05, 0.1) is 12.3 Å². The molecule has 0 radical (unpaired) electrons. The molecule has 208 valence electrons. The molecule has 1 N–H and O–H groups in total. The first-order chi connectivity index (χ1) is 19.3. The fraction of sp³-hybridized carbons (Fsp3) is 0.258. The highest BCUT2D eigenvalue weighted by Gasteiger charge is 2.36. The SMILES string of the molecule is CCOc1cc(C=C2C(=O)NC(=O)N(c3ccc(Cl)cc3)C2=O)ccc1OCCOc1ccc(C(C)CC)cc1. The molecule has 1 atom stereocenters. The summed E-state index contributed by atoms with van der Waals surface area (Å²) in [5, 5.41) is 2.66. The molecule has 1 heterocycles. The van der Waals surface area contributed by atoms with E-state index in [0.717, 1.165) is 17.1 Å². The van der Waals surface area contributed by atoms with Crippen LogP contribution >= 0.6 is 11.6 Å². The van der Waals surface area contributed by atoms with Gasteiger partial charge in [0.1, 0.15) is 24.5 Å².